The zero-order valence-electron chi connectivity index (χ0n) is 14.1. The fourth-order valence-corrected chi connectivity index (χ4v) is 4.75. The first-order valence-electron chi connectivity index (χ1n) is 8.59. The zero-order valence-corrected chi connectivity index (χ0v) is 14.9. The monoisotopic (exact) mass is 351 g/mol. The lowest BCUT2D eigenvalue weighted by Crippen LogP contribution is -2.54. The third-order valence-electron chi connectivity index (χ3n) is 4.87. The summed E-state index contributed by atoms with van der Waals surface area (Å²) in [6.07, 6.45) is 4.45. The molecule has 1 aliphatic heterocycles. The number of piperazine rings is 1. The quantitative estimate of drug-likeness (QED) is 0.905. The van der Waals surface area contributed by atoms with Gasteiger partial charge in [-0.1, -0.05) is 30.5 Å². The summed E-state index contributed by atoms with van der Waals surface area (Å²) in [6, 6.07) is 7.12. The Kier molecular flexibility index (Phi) is 5.10. The maximum Gasteiger partial charge on any atom is 0.317 e. The molecule has 0 bridgehead atoms. The maximum absolute atomic E-state index is 12.7. The van der Waals surface area contributed by atoms with E-state index in [1.54, 1.807) is 29.2 Å². The summed E-state index contributed by atoms with van der Waals surface area (Å²) < 4.78 is 26.8. The van der Waals surface area contributed by atoms with Crippen LogP contribution in [0.3, 0.4) is 0 Å². The molecule has 1 aromatic carbocycles. The van der Waals surface area contributed by atoms with Crippen LogP contribution in [-0.4, -0.2) is 55.9 Å². The van der Waals surface area contributed by atoms with Gasteiger partial charge in [0.25, 0.3) is 0 Å². The molecule has 132 valence electrons. The Hall–Kier alpha value is -1.60. The molecule has 1 saturated heterocycles. The minimum Gasteiger partial charge on any atom is -0.335 e. The normalized spacial score (nSPS) is 20.3. The third-order valence-corrected chi connectivity index (χ3v) is 6.78. The number of amides is 2. The van der Waals surface area contributed by atoms with Gasteiger partial charge in [-0.15, -0.1) is 0 Å². The molecule has 3 rings (SSSR count). The van der Waals surface area contributed by atoms with Crippen molar-refractivity contribution in [1.29, 1.82) is 0 Å². The Morgan fingerprint density at radius 2 is 1.62 bits per heavy atom. The molecule has 1 N–H and O–H groups in total. The van der Waals surface area contributed by atoms with E-state index in [9.17, 15) is 13.2 Å². The Bertz CT molecular complexity index is 674. The number of rotatable bonds is 3. The molecule has 1 heterocycles. The molecule has 2 amide bonds. The lowest BCUT2D eigenvalue weighted by molar-refractivity contribution is 0.169. The van der Waals surface area contributed by atoms with Crippen LogP contribution in [0.15, 0.2) is 29.2 Å². The van der Waals surface area contributed by atoms with Gasteiger partial charge in [-0.3, -0.25) is 0 Å². The molecule has 1 saturated carbocycles. The highest BCUT2D eigenvalue weighted by Gasteiger charge is 2.30. The molecule has 0 radical (unpaired) electrons. The average Bonchev–Trinajstić information content (AvgIpc) is 3.08. The van der Waals surface area contributed by atoms with Crippen LogP contribution in [0.4, 0.5) is 4.79 Å². The van der Waals surface area contributed by atoms with Gasteiger partial charge in [0.1, 0.15) is 0 Å². The predicted molar refractivity (Wildman–Crippen MR) is 92.3 cm³/mol. The van der Waals surface area contributed by atoms with E-state index in [2.05, 4.69) is 5.32 Å². The van der Waals surface area contributed by atoms with Crippen LogP contribution in [0.5, 0.6) is 0 Å². The van der Waals surface area contributed by atoms with Crippen molar-refractivity contribution in [2.75, 3.05) is 26.2 Å². The van der Waals surface area contributed by atoms with Gasteiger partial charge in [0.15, 0.2) is 0 Å². The molecule has 2 aliphatic rings. The SMILES string of the molecule is Cc1ccc(S(=O)(=O)N2CCN(C(=O)NC3CCCC3)CC2)cc1. The Morgan fingerprint density at radius 3 is 2.21 bits per heavy atom. The molecule has 1 aromatic rings. The van der Waals surface area contributed by atoms with E-state index in [0.717, 1.165) is 18.4 Å². The molecule has 6 nitrogen and oxygen atoms in total. The summed E-state index contributed by atoms with van der Waals surface area (Å²) in [6.45, 7) is 3.48. The number of aryl methyl sites for hydroxylation is 1. The van der Waals surface area contributed by atoms with Gasteiger partial charge in [0.05, 0.1) is 4.90 Å². The van der Waals surface area contributed by atoms with Gasteiger partial charge in [-0.2, -0.15) is 4.31 Å². The molecular weight excluding hydrogens is 326 g/mol. The second-order valence-corrected chi connectivity index (χ2v) is 8.57. The van der Waals surface area contributed by atoms with E-state index in [0.29, 0.717) is 31.1 Å². The van der Waals surface area contributed by atoms with Crippen LogP contribution in [0.1, 0.15) is 31.2 Å². The van der Waals surface area contributed by atoms with Crippen molar-refractivity contribution < 1.29 is 13.2 Å². The number of urea groups is 1. The fraction of sp³-hybridized carbons (Fsp3) is 0.588. The number of hydrogen-bond acceptors (Lipinski definition) is 3. The molecule has 0 aromatic heterocycles. The average molecular weight is 351 g/mol. The largest absolute Gasteiger partial charge is 0.335 e. The van der Waals surface area contributed by atoms with E-state index in [1.165, 1.54) is 17.1 Å². The molecule has 0 unspecified atom stereocenters. The highest BCUT2D eigenvalue weighted by molar-refractivity contribution is 7.89. The van der Waals surface area contributed by atoms with Crippen molar-refractivity contribution in [2.45, 2.75) is 43.5 Å². The van der Waals surface area contributed by atoms with E-state index in [1.807, 2.05) is 6.92 Å². The number of carbonyl (C=O) groups excluding carboxylic acids is 1. The molecule has 0 atom stereocenters. The summed E-state index contributed by atoms with van der Waals surface area (Å²) >= 11 is 0. The standard InChI is InChI=1S/C17H25N3O3S/c1-14-6-8-16(9-7-14)24(22,23)20-12-10-19(11-13-20)17(21)18-15-4-2-3-5-15/h6-9,15H,2-5,10-13H2,1H3,(H,18,21). The number of nitrogens with one attached hydrogen (secondary N) is 1. The van der Waals surface area contributed by atoms with Crippen LogP contribution >= 0.6 is 0 Å². The Morgan fingerprint density at radius 1 is 1.04 bits per heavy atom. The molecular formula is C17H25N3O3S. The van der Waals surface area contributed by atoms with Crippen LogP contribution in [0.25, 0.3) is 0 Å². The maximum atomic E-state index is 12.7. The minimum absolute atomic E-state index is 0.0608. The number of hydrogen-bond donors (Lipinski definition) is 1. The van der Waals surface area contributed by atoms with Gasteiger partial charge in [0, 0.05) is 32.2 Å². The summed E-state index contributed by atoms with van der Waals surface area (Å²) in [7, 11) is -3.48. The molecule has 1 aliphatic carbocycles. The second kappa shape index (κ2) is 7.11. The Balaban J connectivity index is 1.57. The van der Waals surface area contributed by atoms with Gasteiger partial charge in [0.2, 0.25) is 10.0 Å². The number of carbonyl (C=O) groups is 1. The smallest absolute Gasteiger partial charge is 0.317 e. The first-order valence-corrected chi connectivity index (χ1v) is 10.0. The lowest BCUT2D eigenvalue weighted by atomic mass is 10.2. The van der Waals surface area contributed by atoms with Gasteiger partial charge >= 0.3 is 6.03 Å². The van der Waals surface area contributed by atoms with E-state index in [4.69, 9.17) is 0 Å². The molecule has 7 heteroatoms. The lowest BCUT2D eigenvalue weighted by Gasteiger charge is -2.34. The molecule has 0 spiro atoms. The van der Waals surface area contributed by atoms with Crippen molar-refractivity contribution >= 4 is 16.1 Å². The molecule has 2 fully saturated rings. The van der Waals surface area contributed by atoms with E-state index >= 15 is 0 Å². The van der Waals surface area contributed by atoms with E-state index < -0.39 is 10.0 Å². The van der Waals surface area contributed by atoms with Crippen LogP contribution in [0, 0.1) is 6.92 Å². The highest BCUT2D eigenvalue weighted by atomic mass is 32.2. The van der Waals surface area contributed by atoms with Crippen molar-refractivity contribution in [1.82, 2.24) is 14.5 Å². The number of sulfonamides is 1. The molecule has 24 heavy (non-hydrogen) atoms. The van der Waals surface area contributed by atoms with Crippen LogP contribution in [-0.2, 0) is 10.0 Å². The van der Waals surface area contributed by atoms with Gasteiger partial charge < -0.3 is 10.2 Å². The first kappa shape index (κ1) is 17.2. The Labute approximate surface area is 143 Å². The van der Waals surface area contributed by atoms with E-state index in [-0.39, 0.29) is 12.1 Å². The summed E-state index contributed by atoms with van der Waals surface area (Å²) in [5.74, 6) is 0. The second-order valence-electron chi connectivity index (χ2n) is 6.64. The summed E-state index contributed by atoms with van der Waals surface area (Å²) in [5.41, 5.74) is 1.03. The zero-order chi connectivity index (χ0) is 17.2. The minimum atomic E-state index is -3.48. The highest BCUT2D eigenvalue weighted by Crippen LogP contribution is 2.20. The first-order chi connectivity index (χ1) is 11.5. The topological polar surface area (TPSA) is 69.7 Å². The van der Waals surface area contributed by atoms with Gasteiger partial charge in [-0.25, -0.2) is 13.2 Å². The van der Waals surface area contributed by atoms with Crippen LogP contribution in [0.2, 0.25) is 0 Å². The van der Waals surface area contributed by atoms with Crippen LogP contribution < -0.4 is 5.32 Å². The van der Waals surface area contributed by atoms with Crippen molar-refractivity contribution in [3.63, 3.8) is 0 Å². The van der Waals surface area contributed by atoms with Gasteiger partial charge in [-0.05, 0) is 31.9 Å². The number of nitrogens with zero attached hydrogens (tertiary/aromatic N) is 2. The van der Waals surface area contributed by atoms with Crippen molar-refractivity contribution in [2.24, 2.45) is 0 Å². The third kappa shape index (κ3) is 3.72. The van der Waals surface area contributed by atoms with Crippen molar-refractivity contribution in [3.8, 4) is 0 Å². The van der Waals surface area contributed by atoms with Crippen molar-refractivity contribution in [3.05, 3.63) is 29.8 Å². The summed E-state index contributed by atoms with van der Waals surface area (Å²) in [5, 5.41) is 3.06. The fourth-order valence-electron chi connectivity index (χ4n) is 3.33. The summed E-state index contributed by atoms with van der Waals surface area (Å²) in [4.78, 5) is 14.3. The number of benzene rings is 1. The predicted octanol–water partition coefficient (Wildman–Crippen LogP) is 1.95.